The maximum Gasteiger partial charge on any atom is 0.259 e. The summed E-state index contributed by atoms with van der Waals surface area (Å²) in [5, 5.41) is 2.94. The van der Waals surface area contributed by atoms with Gasteiger partial charge in [0.1, 0.15) is 17.1 Å². The van der Waals surface area contributed by atoms with E-state index in [9.17, 15) is 13.2 Å². The molecule has 23 heavy (non-hydrogen) atoms. The van der Waals surface area contributed by atoms with E-state index in [1.54, 1.807) is 18.2 Å². The second-order valence-corrected chi connectivity index (χ2v) is 7.43. The first-order chi connectivity index (χ1) is 10.9. The average Bonchev–Trinajstić information content (AvgIpc) is 2.53. The molecule has 1 heterocycles. The molecule has 0 bridgehead atoms. The van der Waals surface area contributed by atoms with Gasteiger partial charge in [-0.25, -0.2) is 12.7 Å². The fourth-order valence-corrected chi connectivity index (χ4v) is 3.54. The Bertz CT molecular complexity index is 644. The number of piperidine rings is 1. The molecule has 1 aromatic carbocycles. The van der Waals surface area contributed by atoms with Gasteiger partial charge in [0.2, 0.25) is 10.0 Å². The Hall–Kier alpha value is -1.80. The smallest absolute Gasteiger partial charge is 0.259 e. The molecule has 1 aliphatic heterocycles. The minimum atomic E-state index is -3.17. The number of carbonyl (C=O) groups excluding carboxylic acids is 1. The zero-order valence-electron chi connectivity index (χ0n) is 13.5. The van der Waals surface area contributed by atoms with Gasteiger partial charge in [0.25, 0.3) is 5.91 Å². The van der Waals surface area contributed by atoms with Crippen molar-refractivity contribution in [2.24, 2.45) is 0 Å². The van der Waals surface area contributed by atoms with Crippen molar-refractivity contribution in [3.63, 3.8) is 0 Å². The second-order valence-electron chi connectivity index (χ2n) is 5.45. The Morgan fingerprint density at radius 2 is 1.70 bits per heavy atom. The summed E-state index contributed by atoms with van der Waals surface area (Å²) in [6.07, 6.45) is 2.36. The number of methoxy groups -OCH3 is 2. The topological polar surface area (TPSA) is 84.9 Å². The lowest BCUT2D eigenvalue weighted by molar-refractivity contribution is 0.0917. The maximum absolute atomic E-state index is 12.5. The number of hydrogen-bond acceptors (Lipinski definition) is 5. The van der Waals surface area contributed by atoms with Crippen LogP contribution < -0.4 is 14.8 Å². The Labute approximate surface area is 136 Å². The van der Waals surface area contributed by atoms with Crippen molar-refractivity contribution < 1.29 is 22.7 Å². The molecule has 1 fully saturated rings. The van der Waals surface area contributed by atoms with Crippen molar-refractivity contribution in [1.82, 2.24) is 9.62 Å². The second kappa shape index (κ2) is 7.18. The van der Waals surface area contributed by atoms with Crippen molar-refractivity contribution in [3.05, 3.63) is 23.8 Å². The lowest BCUT2D eigenvalue weighted by atomic mass is 10.1. The van der Waals surface area contributed by atoms with Crippen LogP contribution in [0.1, 0.15) is 23.2 Å². The summed E-state index contributed by atoms with van der Waals surface area (Å²) >= 11 is 0. The van der Waals surface area contributed by atoms with Crippen LogP contribution in [0.3, 0.4) is 0 Å². The summed E-state index contributed by atoms with van der Waals surface area (Å²) in [6.45, 7) is 0.819. The molecule has 1 amide bonds. The predicted octanol–water partition coefficient (Wildman–Crippen LogP) is 0.858. The van der Waals surface area contributed by atoms with E-state index >= 15 is 0 Å². The van der Waals surface area contributed by atoms with Crippen LogP contribution in [0.25, 0.3) is 0 Å². The molecule has 0 unspecified atom stereocenters. The first-order valence-electron chi connectivity index (χ1n) is 7.33. The molecule has 0 aliphatic carbocycles. The highest BCUT2D eigenvalue weighted by molar-refractivity contribution is 7.88. The minimum absolute atomic E-state index is 0.0740. The average molecular weight is 342 g/mol. The molecule has 1 aromatic rings. The minimum Gasteiger partial charge on any atom is -0.496 e. The van der Waals surface area contributed by atoms with Crippen molar-refractivity contribution >= 4 is 15.9 Å². The Morgan fingerprint density at radius 3 is 2.13 bits per heavy atom. The lowest BCUT2D eigenvalue weighted by Gasteiger charge is -2.30. The molecule has 0 spiro atoms. The van der Waals surface area contributed by atoms with E-state index in [1.807, 2.05) is 0 Å². The predicted molar refractivity (Wildman–Crippen MR) is 86.5 cm³/mol. The highest BCUT2D eigenvalue weighted by atomic mass is 32.2. The standard InChI is InChI=1S/C15H22N2O5S/c1-21-12-5-4-6-13(22-2)14(12)15(18)16-11-7-9-17(10-8-11)23(3,19)20/h4-6,11H,7-10H2,1-3H3,(H,16,18). The molecule has 0 radical (unpaired) electrons. The van der Waals surface area contributed by atoms with E-state index in [-0.39, 0.29) is 11.9 Å². The summed E-state index contributed by atoms with van der Waals surface area (Å²) in [4.78, 5) is 12.5. The van der Waals surface area contributed by atoms with Crippen LogP contribution in [0, 0.1) is 0 Å². The van der Waals surface area contributed by atoms with Gasteiger partial charge in [0, 0.05) is 19.1 Å². The van der Waals surface area contributed by atoms with Crippen LogP contribution in [0.15, 0.2) is 18.2 Å². The van der Waals surface area contributed by atoms with Gasteiger partial charge in [0.15, 0.2) is 0 Å². The summed E-state index contributed by atoms with van der Waals surface area (Å²) < 4.78 is 34.9. The zero-order chi connectivity index (χ0) is 17.0. The number of nitrogens with one attached hydrogen (secondary N) is 1. The van der Waals surface area contributed by atoms with Gasteiger partial charge in [-0.3, -0.25) is 4.79 Å². The van der Waals surface area contributed by atoms with Gasteiger partial charge in [-0.2, -0.15) is 0 Å². The Balaban J connectivity index is 2.07. The molecule has 7 nitrogen and oxygen atoms in total. The largest absolute Gasteiger partial charge is 0.496 e. The van der Waals surface area contributed by atoms with E-state index in [0.717, 1.165) is 0 Å². The van der Waals surface area contributed by atoms with Crippen LogP contribution >= 0.6 is 0 Å². The molecule has 8 heteroatoms. The molecule has 2 rings (SSSR count). The summed E-state index contributed by atoms with van der Waals surface area (Å²) in [6, 6.07) is 5.07. The molecular formula is C15H22N2O5S. The van der Waals surface area contributed by atoms with Crippen LogP contribution in [-0.4, -0.2) is 58.2 Å². The van der Waals surface area contributed by atoms with Gasteiger partial charge in [0.05, 0.1) is 20.5 Å². The normalized spacial score (nSPS) is 16.8. The molecule has 128 valence electrons. The van der Waals surface area contributed by atoms with Gasteiger partial charge >= 0.3 is 0 Å². The monoisotopic (exact) mass is 342 g/mol. The summed E-state index contributed by atoms with van der Waals surface area (Å²) in [5.41, 5.74) is 0.350. The number of ether oxygens (including phenoxy) is 2. The fourth-order valence-electron chi connectivity index (χ4n) is 2.66. The molecule has 0 saturated carbocycles. The number of rotatable bonds is 5. The Kier molecular flexibility index (Phi) is 5.48. The molecule has 0 aromatic heterocycles. The number of hydrogen-bond donors (Lipinski definition) is 1. The number of carbonyl (C=O) groups is 1. The number of sulfonamides is 1. The van der Waals surface area contributed by atoms with Crippen molar-refractivity contribution in [1.29, 1.82) is 0 Å². The highest BCUT2D eigenvalue weighted by Gasteiger charge is 2.27. The van der Waals surface area contributed by atoms with E-state index < -0.39 is 10.0 Å². The van der Waals surface area contributed by atoms with Gasteiger partial charge in [-0.15, -0.1) is 0 Å². The number of nitrogens with zero attached hydrogens (tertiary/aromatic N) is 1. The van der Waals surface area contributed by atoms with Crippen LogP contribution in [0.2, 0.25) is 0 Å². The molecule has 1 aliphatic rings. The molecule has 0 atom stereocenters. The fraction of sp³-hybridized carbons (Fsp3) is 0.533. The van der Waals surface area contributed by atoms with Gasteiger partial charge in [-0.05, 0) is 25.0 Å². The highest BCUT2D eigenvalue weighted by Crippen LogP contribution is 2.28. The SMILES string of the molecule is COc1cccc(OC)c1C(=O)NC1CCN(S(C)(=O)=O)CC1. The summed E-state index contributed by atoms with van der Waals surface area (Å²) in [5.74, 6) is 0.600. The maximum atomic E-state index is 12.5. The lowest BCUT2D eigenvalue weighted by Crippen LogP contribution is -2.46. The van der Waals surface area contributed by atoms with E-state index in [2.05, 4.69) is 5.32 Å². The van der Waals surface area contributed by atoms with E-state index in [1.165, 1.54) is 24.8 Å². The first-order valence-corrected chi connectivity index (χ1v) is 9.18. The molecule has 1 N–H and O–H groups in total. The zero-order valence-corrected chi connectivity index (χ0v) is 14.4. The third-order valence-corrected chi connectivity index (χ3v) is 5.22. The van der Waals surface area contributed by atoms with Crippen molar-refractivity contribution in [3.8, 4) is 11.5 Å². The van der Waals surface area contributed by atoms with Gasteiger partial charge in [-0.1, -0.05) is 6.07 Å². The van der Waals surface area contributed by atoms with Crippen molar-refractivity contribution in [2.45, 2.75) is 18.9 Å². The van der Waals surface area contributed by atoms with E-state index in [0.29, 0.717) is 43.0 Å². The van der Waals surface area contributed by atoms with Gasteiger partial charge < -0.3 is 14.8 Å². The Morgan fingerprint density at radius 1 is 1.17 bits per heavy atom. The van der Waals surface area contributed by atoms with E-state index in [4.69, 9.17) is 9.47 Å². The van der Waals surface area contributed by atoms with Crippen molar-refractivity contribution in [2.75, 3.05) is 33.6 Å². The van der Waals surface area contributed by atoms with Crippen LogP contribution in [-0.2, 0) is 10.0 Å². The summed E-state index contributed by atoms with van der Waals surface area (Å²) in [7, 11) is -0.178. The number of benzene rings is 1. The first kappa shape index (κ1) is 17.6. The van der Waals surface area contributed by atoms with Crippen LogP contribution in [0.5, 0.6) is 11.5 Å². The molecular weight excluding hydrogens is 320 g/mol. The third kappa shape index (κ3) is 4.14. The molecule has 1 saturated heterocycles. The quantitative estimate of drug-likeness (QED) is 0.858. The number of amides is 1. The van der Waals surface area contributed by atoms with Crippen LogP contribution in [0.4, 0.5) is 0 Å². The third-order valence-electron chi connectivity index (χ3n) is 3.91.